The summed E-state index contributed by atoms with van der Waals surface area (Å²) < 4.78 is 71.6. The fourth-order valence-electron chi connectivity index (χ4n) is 5.18. The van der Waals surface area contributed by atoms with Gasteiger partial charge in [0, 0.05) is 37.6 Å². The van der Waals surface area contributed by atoms with E-state index in [2.05, 4.69) is 15.0 Å². The number of carbonyl (C=O) groups is 1. The third-order valence-corrected chi connectivity index (χ3v) is 6.98. The minimum absolute atomic E-state index is 0.310. The fourth-order valence-corrected chi connectivity index (χ4v) is 5.18. The molecule has 13 heteroatoms. The minimum atomic E-state index is -4.76. The standard InChI is InChI=1S/C29H30F3N3O7/c1-5-39-25-24(37-3)16(2)40-27(26(25)38-4)41-28(36)34-18-7-12-21-17(14-18)6-13-22-23(21)33-15-35(22)19-8-10-20(11-9-19)42-29(30,31)32/h6-16,24-27H,5H2,1-4H3,(H,34,36)/t16-,24-,25+,26+,27-/m0/s1. The SMILES string of the molecule is CCO[C@@H]1[C@@H](OC)[C@H](C)O[C@@H](OC(=O)Nc2ccc3c(ccc4c3ncn4-c3ccc(OC(F)(F)F)cc3)c2)[C@@H]1OC. The van der Waals surface area contributed by atoms with Crippen LogP contribution < -0.4 is 10.1 Å². The quantitative estimate of drug-likeness (QED) is 0.275. The number of fused-ring (bicyclic) bond motifs is 3. The van der Waals surface area contributed by atoms with E-state index in [0.29, 0.717) is 23.5 Å². The van der Waals surface area contributed by atoms with Crippen molar-refractivity contribution in [2.75, 3.05) is 26.1 Å². The van der Waals surface area contributed by atoms with E-state index in [1.807, 2.05) is 32.0 Å². The van der Waals surface area contributed by atoms with Gasteiger partial charge in [-0.05, 0) is 61.7 Å². The first kappa shape index (κ1) is 29.6. The molecule has 1 amide bonds. The summed E-state index contributed by atoms with van der Waals surface area (Å²) in [4.78, 5) is 17.4. The zero-order chi connectivity index (χ0) is 30.0. The Morgan fingerprint density at radius 2 is 1.76 bits per heavy atom. The molecule has 1 fully saturated rings. The van der Waals surface area contributed by atoms with Gasteiger partial charge in [-0.25, -0.2) is 9.78 Å². The van der Waals surface area contributed by atoms with Crippen LogP contribution in [0.5, 0.6) is 5.75 Å². The highest BCUT2D eigenvalue weighted by Gasteiger charge is 2.47. The summed E-state index contributed by atoms with van der Waals surface area (Å²) >= 11 is 0. The van der Waals surface area contributed by atoms with Gasteiger partial charge in [-0.15, -0.1) is 13.2 Å². The zero-order valence-corrected chi connectivity index (χ0v) is 23.3. The molecule has 0 unspecified atom stereocenters. The second-order valence-electron chi connectivity index (χ2n) is 9.59. The first-order chi connectivity index (χ1) is 20.1. The number of benzene rings is 3. The number of aromatic nitrogens is 2. The van der Waals surface area contributed by atoms with Crippen LogP contribution in [0, 0.1) is 0 Å². The van der Waals surface area contributed by atoms with Crippen molar-refractivity contribution in [1.82, 2.24) is 9.55 Å². The lowest BCUT2D eigenvalue weighted by Gasteiger charge is -2.43. The Morgan fingerprint density at radius 1 is 1.02 bits per heavy atom. The van der Waals surface area contributed by atoms with Crippen LogP contribution in [-0.4, -0.2) is 73.5 Å². The molecule has 10 nitrogen and oxygen atoms in total. The molecule has 5 atom stereocenters. The molecule has 5 rings (SSSR count). The number of anilines is 1. The fraction of sp³-hybridized carbons (Fsp3) is 0.379. The first-order valence-corrected chi connectivity index (χ1v) is 13.2. The summed E-state index contributed by atoms with van der Waals surface area (Å²) in [6.07, 6.45) is -6.94. The van der Waals surface area contributed by atoms with Gasteiger partial charge in [0.2, 0.25) is 6.29 Å². The van der Waals surface area contributed by atoms with Crippen LogP contribution >= 0.6 is 0 Å². The molecular formula is C29H30F3N3O7. The molecule has 1 aliphatic heterocycles. The maximum Gasteiger partial charge on any atom is 0.573 e. The van der Waals surface area contributed by atoms with Crippen LogP contribution in [0.25, 0.3) is 27.5 Å². The number of hydrogen-bond donors (Lipinski definition) is 1. The molecule has 0 bridgehead atoms. The van der Waals surface area contributed by atoms with Crippen LogP contribution in [0.4, 0.5) is 23.7 Å². The molecule has 0 spiro atoms. The number of amides is 1. The maximum atomic E-state index is 12.8. The molecule has 4 aromatic rings. The molecule has 1 aliphatic rings. The highest BCUT2D eigenvalue weighted by atomic mass is 19.4. The Labute approximate surface area is 239 Å². The Morgan fingerprint density at radius 3 is 2.43 bits per heavy atom. The monoisotopic (exact) mass is 589 g/mol. The molecule has 1 aromatic heterocycles. The van der Waals surface area contributed by atoms with Gasteiger partial charge in [0.1, 0.15) is 30.4 Å². The smallest absolute Gasteiger partial charge is 0.416 e. The van der Waals surface area contributed by atoms with E-state index in [-0.39, 0.29) is 5.75 Å². The second-order valence-corrected chi connectivity index (χ2v) is 9.59. The predicted octanol–water partition coefficient (Wildman–Crippen LogP) is 5.81. The van der Waals surface area contributed by atoms with Crippen molar-refractivity contribution in [1.29, 1.82) is 0 Å². The molecule has 0 saturated carbocycles. The van der Waals surface area contributed by atoms with E-state index in [1.54, 1.807) is 30.1 Å². The summed E-state index contributed by atoms with van der Waals surface area (Å²) in [6.45, 7) is 4.08. The summed E-state index contributed by atoms with van der Waals surface area (Å²) in [6, 6.07) is 14.5. The van der Waals surface area contributed by atoms with Gasteiger partial charge in [0.25, 0.3) is 0 Å². The lowest BCUT2D eigenvalue weighted by atomic mass is 9.99. The number of carbonyl (C=O) groups excluding carboxylic acids is 1. The van der Waals surface area contributed by atoms with E-state index >= 15 is 0 Å². The van der Waals surface area contributed by atoms with E-state index in [1.165, 1.54) is 31.4 Å². The van der Waals surface area contributed by atoms with E-state index < -0.39 is 43.2 Å². The average Bonchev–Trinajstić information content (AvgIpc) is 3.37. The molecule has 2 heterocycles. The van der Waals surface area contributed by atoms with Crippen molar-refractivity contribution in [3.05, 3.63) is 60.9 Å². The molecule has 42 heavy (non-hydrogen) atoms. The van der Waals surface area contributed by atoms with Gasteiger partial charge in [0.05, 0.1) is 17.1 Å². The maximum absolute atomic E-state index is 12.8. The number of methoxy groups -OCH3 is 2. The highest BCUT2D eigenvalue weighted by Crippen LogP contribution is 2.31. The number of halogens is 3. The summed E-state index contributed by atoms with van der Waals surface area (Å²) in [5.41, 5.74) is 2.53. The topological polar surface area (TPSA) is 102 Å². The van der Waals surface area contributed by atoms with Crippen molar-refractivity contribution in [2.24, 2.45) is 0 Å². The highest BCUT2D eigenvalue weighted by molar-refractivity contribution is 6.06. The summed E-state index contributed by atoms with van der Waals surface area (Å²) in [7, 11) is 3.04. The number of rotatable bonds is 8. The Kier molecular flexibility index (Phi) is 8.55. The van der Waals surface area contributed by atoms with Gasteiger partial charge in [-0.3, -0.25) is 9.88 Å². The molecule has 1 N–H and O–H groups in total. The molecule has 3 aromatic carbocycles. The number of nitrogens with one attached hydrogen (secondary N) is 1. The molecular weight excluding hydrogens is 559 g/mol. The van der Waals surface area contributed by atoms with Crippen LogP contribution in [0.2, 0.25) is 0 Å². The normalized spacial score (nSPS) is 22.8. The van der Waals surface area contributed by atoms with Crippen molar-refractivity contribution >= 4 is 33.6 Å². The largest absolute Gasteiger partial charge is 0.573 e. The molecule has 0 aliphatic carbocycles. The molecule has 1 saturated heterocycles. The van der Waals surface area contributed by atoms with Gasteiger partial charge in [0.15, 0.2) is 0 Å². The van der Waals surface area contributed by atoms with Gasteiger partial charge in [-0.1, -0.05) is 12.1 Å². The molecule has 0 radical (unpaired) electrons. The van der Waals surface area contributed by atoms with Crippen molar-refractivity contribution < 1.29 is 46.4 Å². The van der Waals surface area contributed by atoms with Crippen molar-refractivity contribution in [3.8, 4) is 11.4 Å². The first-order valence-electron chi connectivity index (χ1n) is 13.2. The molecule has 224 valence electrons. The second kappa shape index (κ2) is 12.1. The Hall–Kier alpha value is -3.91. The van der Waals surface area contributed by atoms with E-state index in [9.17, 15) is 18.0 Å². The number of hydrogen-bond acceptors (Lipinski definition) is 8. The third kappa shape index (κ3) is 6.14. The van der Waals surface area contributed by atoms with Gasteiger partial charge < -0.3 is 28.4 Å². The third-order valence-electron chi connectivity index (χ3n) is 6.98. The van der Waals surface area contributed by atoms with Crippen molar-refractivity contribution in [3.63, 3.8) is 0 Å². The number of alkyl halides is 3. The van der Waals surface area contributed by atoms with Crippen LogP contribution in [0.1, 0.15) is 13.8 Å². The number of ether oxygens (including phenoxy) is 6. The predicted molar refractivity (Wildman–Crippen MR) is 147 cm³/mol. The Balaban J connectivity index is 1.32. The van der Waals surface area contributed by atoms with Crippen LogP contribution in [0.15, 0.2) is 60.9 Å². The van der Waals surface area contributed by atoms with E-state index in [0.717, 1.165) is 16.3 Å². The zero-order valence-electron chi connectivity index (χ0n) is 23.3. The average molecular weight is 590 g/mol. The lowest BCUT2D eigenvalue weighted by Crippen LogP contribution is -2.60. The minimum Gasteiger partial charge on any atom is -0.416 e. The summed E-state index contributed by atoms with van der Waals surface area (Å²) in [5, 5.41) is 4.34. The van der Waals surface area contributed by atoms with Gasteiger partial charge in [-0.2, -0.15) is 0 Å². The van der Waals surface area contributed by atoms with Crippen molar-refractivity contribution in [2.45, 2.75) is 50.9 Å². The van der Waals surface area contributed by atoms with Crippen LogP contribution in [-0.2, 0) is 23.7 Å². The van der Waals surface area contributed by atoms with Crippen LogP contribution in [0.3, 0.4) is 0 Å². The van der Waals surface area contributed by atoms with Gasteiger partial charge >= 0.3 is 12.5 Å². The number of imidazole rings is 1. The lowest BCUT2D eigenvalue weighted by molar-refractivity contribution is -0.292. The summed E-state index contributed by atoms with van der Waals surface area (Å²) in [5.74, 6) is -0.310. The Bertz CT molecular complexity index is 1540. The van der Waals surface area contributed by atoms with E-state index in [4.69, 9.17) is 23.7 Å². The number of nitrogens with zero attached hydrogens (tertiary/aromatic N) is 2.